The van der Waals surface area contributed by atoms with Crippen molar-refractivity contribution in [2.24, 2.45) is 0 Å². The van der Waals surface area contributed by atoms with Gasteiger partial charge in [-0.1, -0.05) is 0 Å². The summed E-state index contributed by atoms with van der Waals surface area (Å²) in [6.07, 6.45) is 1.38. The van der Waals surface area contributed by atoms with Gasteiger partial charge in [0.05, 0.1) is 0 Å². The van der Waals surface area contributed by atoms with Gasteiger partial charge in [0.25, 0.3) is 0 Å². The topological polar surface area (TPSA) is 50.8 Å². The number of hydrogen-bond acceptors (Lipinski definition) is 3. The zero-order valence-electron chi connectivity index (χ0n) is 9.79. The minimum atomic E-state index is -0.525. The molecule has 0 bridgehead atoms. The SMILES string of the molecule is COC1(OC)CCN(C(=O)NCCCl)CC1. The second-order valence-corrected chi connectivity index (χ2v) is 4.10. The smallest absolute Gasteiger partial charge is 0.317 e. The van der Waals surface area contributed by atoms with E-state index in [9.17, 15) is 4.79 Å². The third-order valence-corrected chi connectivity index (χ3v) is 3.12. The van der Waals surface area contributed by atoms with Gasteiger partial charge in [-0.2, -0.15) is 0 Å². The number of carbonyl (C=O) groups excluding carboxylic acids is 1. The predicted molar refractivity (Wildman–Crippen MR) is 61.7 cm³/mol. The number of piperidine rings is 1. The average molecular weight is 251 g/mol. The molecular weight excluding hydrogens is 232 g/mol. The van der Waals surface area contributed by atoms with Crippen molar-refractivity contribution in [3.8, 4) is 0 Å². The van der Waals surface area contributed by atoms with Crippen LogP contribution < -0.4 is 5.32 Å². The van der Waals surface area contributed by atoms with Gasteiger partial charge in [0.2, 0.25) is 0 Å². The van der Waals surface area contributed by atoms with Gasteiger partial charge in [-0.05, 0) is 0 Å². The highest BCUT2D eigenvalue weighted by molar-refractivity contribution is 6.18. The van der Waals surface area contributed by atoms with E-state index in [2.05, 4.69) is 5.32 Å². The molecule has 0 radical (unpaired) electrons. The molecule has 6 heteroatoms. The molecule has 0 spiro atoms. The first-order chi connectivity index (χ1) is 7.67. The highest BCUT2D eigenvalue weighted by atomic mass is 35.5. The van der Waals surface area contributed by atoms with Crippen molar-refractivity contribution >= 4 is 17.6 Å². The van der Waals surface area contributed by atoms with Crippen LogP contribution in [0.15, 0.2) is 0 Å². The summed E-state index contributed by atoms with van der Waals surface area (Å²) in [5.74, 6) is -0.0943. The van der Waals surface area contributed by atoms with Crippen molar-refractivity contribution < 1.29 is 14.3 Å². The van der Waals surface area contributed by atoms with Crippen molar-refractivity contribution in [1.29, 1.82) is 0 Å². The number of carbonyl (C=O) groups is 1. The Morgan fingerprint density at radius 1 is 1.38 bits per heavy atom. The van der Waals surface area contributed by atoms with Crippen LogP contribution in [-0.2, 0) is 9.47 Å². The van der Waals surface area contributed by atoms with Gasteiger partial charge in [0.15, 0.2) is 5.79 Å². The lowest BCUT2D eigenvalue weighted by atomic mass is 10.0. The third-order valence-electron chi connectivity index (χ3n) is 2.93. The predicted octanol–water partition coefficient (Wildman–Crippen LogP) is 1.02. The highest BCUT2D eigenvalue weighted by Gasteiger charge is 2.35. The summed E-state index contributed by atoms with van der Waals surface area (Å²) in [7, 11) is 3.26. The standard InChI is InChI=1S/C10H19ClN2O3/c1-15-10(16-2)3-7-13(8-4-10)9(14)12-6-5-11/h3-8H2,1-2H3,(H,12,14). The van der Waals surface area contributed by atoms with Crippen LogP contribution in [-0.4, -0.2) is 56.5 Å². The van der Waals surface area contributed by atoms with E-state index in [0.717, 1.165) is 0 Å². The number of likely N-dealkylation sites (tertiary alicyclic amines) is 1. The van der Waals surface area contributed by atoms with Crippen LogP contribution in [0, 0.1) is 0 Å². The molecule has 1 aliphatic rings. The van der Waals surface area contributed by atoms with Crippen molar-refractivity contribution in [3.63, 3.8) is 0 Å². The third kappa shape index (κ3) is 3.23. The Hall–Kier alpha value is -0.520. The maximum atomic E-state index is 11.6. The molecule has 1 saturated heterocycles. The fraction of sp³-hybridized carbons (Fsp3) is 0.900. The Morgan fingerprint density at radius 3 is 2.38 bits per heavy atom. The molecule has 1 heterocycles. The summed E-state index contributed by atoms with van der Waals surface area (Å²) in [6, 6.07) is -0.0681. The maximum Gasteiger partial charge on any atom is 0.317 e. The molecule has 1 N–H and O–H groups in total. The number of ether oxygens (including phenoxy) is 2. The van der Waals surface area contributed by atoms with E-state index >= 15 is 0 Å². The first-order valence-corrected chi connectivity index (χ1v) is 5.90. The number of halogens is 1. The molecule has 0 aliphatic carbocycles. The molecule has 0 aromatic heterocycles. The number of alkyl halides is 1. The van der Waals surface area contributed by atoms with Gasteiger partial charge in [-0.3, -0.25) is 0 Å². The van der Waals surface area contributed by atoms with Gasteiger partial charge >= 0.3 is 6.03 Å². The Labute approximate surface area is 101 Å². The first kappa shape index (κ1) is 13.5. The second kappa shape index (κ2) is 6.27. The lowest BCUT2D eigenvalue weighted by Crippen LogP contribution is -2.51. The van der Waals surface area contributed by atoms with Crippen LogP contribution in [0.3, 0.4) is 0 Å². The minimum Gasteiger partial charge on any atom is -0.353 e. The number of urea groups is 1. The van der Waals surface area contributed by atoms with Crippen LogP contribution in [0.1, 0.15) is 12.8 Å². The van der Waals surface area contributed by atoms with Crippen molar-refractivity contribution in [2.45, 2.75) is 18.6 Å². The molecule has 0 aromatic rings. The highest BCUT2D eigenvalue weighted by Crippen LogP contribution is 2.26. The monoisotopic (exact) mass is 250 g/mol. The number of rotatable bonds is 4. The van der Waals surface area contributed by atoms with E-state index < -0.39 is 5.79 Å². The van der Waals surface area contributed by atoms with E-state index in [-0.39, 0.29) is 6.03 Å². The second-order valence-electron chi connectivity index (χ2n) is 3.73. The fourth-order valence-corrected chi connectivity index (χ4v) is 1.90. The zero-order chi connectivity index (χ0) is 12.0. The molecular formula is C10H19ClN2O3. The first-order valence-electron chi connectivity index (χ1n) is 5.36. The van der Waals surface area contributed by atoms with E-state index in [1.807, 2.05) is 0 Å². The number of nitrogens with zero attached hydrogens (tertiary/aromatic N) is 1. The Kier molecular flexibility index (Phi) is 5.31. The number of methoxy groups -OCH3 is 2. The Morgan fingerprint density at radius 2 is 1.94 bits per heavy atom. The summed E-state index contributed by atoms with van der Waals surface area (Å²) < 4.78 is 10.7. The molecule has 0 saturated carbocycles. The zero-order valence-corrected chi connectivity index (χ0v) is 10.5. The van der Waals surface area contributed by atoms with E-state index in [0.29, 0.717) is 38.4 Å². The van der Waals surface area contributed by atoms with Gasteiger partial charge in [0, 0.05) is 52.6 Å². The molecule has 16 heavy (non-hydrogen) atoms. The van der Waals surface area contributed by atoms with Gasteiger partial charge < -0.3 is 19.7 Å². The molecule has 1 fully saturated rings. The normalized spacial score (nSPS) is 19.6. The fourth-order valence-electron chi connectivity index (χ4n) is 1.81. The Balaban J connectivity index is 2.39. The lowest BCUT2D eigenvalue weighted by Gasteiger charge is -2.39. The average Bonchev–Trinajstić information content (AvgIpc) is 2.36. The van der Waals surface area contributed by atoms with Crippen LogP contribution in [0.2, 0.25) is 0 Å². The summed E-state index contributed by atoms with van der Waals surface area (Å²) in [5, 5.41) is 2.74. The van der Waals surface area contributed by atoms with E-state index in [1.54, 1.807) is 19.1 Å². The van der Waals surface area contributed by atoms with Gasteiger partial charge in [0.1, 0.15) is 0 Å². The van der Waals surface area contributed by atoms with Crippen LogP contribution >= 0.6 is 11.6 Å². The lowest BCUT2D eigenvalue weighted by molar-refractivity contribution is -0.226. The van der Waals surface area contributed by atoms with Crippen LogP contribution in [0.25, 0.3) is 0 Å². The Bertz CT molecular complexity index is 224. The molecule has 0 aromatic carbocycles. The van der Waals surface area contributed by atoms with Crippen LogP contribution in [0.5, 0.6) is 0 Å². The largest absolute Gasteiger partial charge is 0.353 e. The number of amides is 2. The number of hydrogen-bond donors (Lipinski definition) is 1. The summed E-state index contributed by atoms with van der Waals surface area (Å²) in [5.41, 5.74) is 0. The summed E-state index contributed by atoms with van der Waals surface area (Å²) >= 11 is 5.50. The van der Waals surface area contributed by atoms with Gasteiger partial charge in [-0.15, -0.1) is 11.6 Å². The van der Waals surface area contributed by atoms with Crippen molar-refractivity contribution in [1.82, 2.24) is 10.2 Å². The van der Waals surface area contributed by atoms with E-state index in [1.165, 1.54) is 0 Å². The molecule has 1 aliphatic heterocycles. The molecule has 5 nitrogen and oxygen atoms in total. The maximum absolute atomic E-state index is 11.6. The summed E-state index contributed by atoms with van der Waals surface area (Å²) in [4.78, 5) is 13.4. The molecule has 94 valence electrons. The molecule has 0 unspecified atom stereocenters. The summed E-state index contributed by atoms with van der Waals surface area (Å²) in [6.45, 7) is 1.77. The number of nitrogens with one attached hydrogen (secondary N) is 1. The van der Waals surface area contributed by atoms with Crippen molar-refractivity contribution in [3.05, 3.63) is 0 Å². The van der Waals surface area contributed by atoms with Crippen molar-refractivity contribution in [2.75, 3.05) is 39.7 Å². The molecule has 1 rings (SSSR count). The molecule has 2 amide bonds. The molecule has 0 atom stereocenters. The van der Waals surface area contributed by atoms with Gasteiger partial charge in [-0.25, -0.2) is 4.79 Å². The quantitative estimate of drug-likeness (QED) is 0.599. The van der Waals surface area contributed by atoms with E-state index in [4.69, 9.17) is 21.1 Å². The van der Waals surface area contributed by atoms with Crippen LogP contribution in [0.4, 0.5) is 4.79 Å². The minimum absolute atomic E-state index is 0.0681.